The Hall–Kier alpha value is -3.09. The molecule has 0 unspecified atom stereocenters. The Bertz CT molecular complexity index is 851. The lowest BCUT2D eigenvalue weighted by molar-refractivity contribution is -0.137. The number of aliphatic imine (C=N–C) groups is 1. The summed E-state index contributed by atoms with van der Waals surface area (Å²) in [5.74, 6) is -0.0192. The average molecular weight is 347 g/mol. The van der Waals surface area contributed by atoms with Crippen molar-refractivity contribution in [1.82, 2.24) is 0 Å². The van der Waals surface area contributed by atoms with Crippen LogP contribution in [0.3, 0.4) is 0 Å². The van der Waals surface area contributed by atoms with Gasteiger partial charge in [-0.3, -0.25) is 0 Å². The predicted octanol–water partition coefficient (Wildman–Crippen LogP) is 4.06. The van der Waals surface area contributed by atoms with E-state index in [9.17, 15) is 18.0 Å². The molecule has 2 aromatic carbocycles. The number of cyclic esters (lactones) is 1. The van der Waals surface area contributed by atoms with Crippen LogP contribution >= 0.6 is 0 Å². The molecule has 0 aromatic heterocycles. The zero-order valence-electron chi connectivity index (χ0n) is 13.0. The zero-order chi connectivity index (χ0) is 18.0. The molecule has 0 fully saturated rings. The first-order valence-corrected chi connectivity index (χ1v) is 7.21. The molecule has 0 radical (unpaired) electrons. The van der Waals surface area contributed by atoms with Gasteiger partial charge in [0.15, 0.2) is 5.70 Å². The second-order valence-electron chi connectivity index (χ2n) is 5.18. The summed E-state index contributed by atoms with van der Waals surface area (Å²) in [5, 5.41) is 0. The van der Waals surface area contributed by atoms with Crippen LogP contribution in [0.5, 0.6) is 5.75 Å². The predicted molar refractivity (Wildman–Crippen MR) is 85.0 cm³/mol. The van der Waals surface area contributed by atoms with E-state index in [1.165, 1.54) is 18.2 Å². The van der Waals surface area contributed by atoms with Crippen LogP contribution in [0, 0.1) is 0 Å². The van der Waals surface area contributed by atoms with Gasteiger partial charge in [0.1, 0.15) is 5.75 Å². The number of alkyl halides is 3. The third-order valence-corrected chi connectivity index (χ3v) is 3.50. The highest BCUT2D eigenvalue weighted by Gasteiger charge is 2.31. The van der Waals surface area contributed by atoms with Crippen molar-refractivity contribution in [3.8, 4) is 5.75 Å². The number of hydrogen-bond donors (Lipinski definition) is 0. The summed E-state index contributed by atoms with van der Waals surface area (Å²) in [5.41, 5.74) is 0.292. The van der Waals surface area contributed by atoms with Gasteiger partial charge in [0.25, 0.3) is 0 Å². The molecule has 0 spiro atoms. The molecule has 128 valence electrons. The fourth-order valence-electron chi connectivity index (χ4n) is 2.19. The number of halogens is 3. The Morgan fingerprint density at radius 2 is 1.68 bits per heavy atom. The normalized spacial score (nSPS) is 15.9. The molecule has 0 amide bonds. The maximum absolute atomic E-state index is 12.6. The van der Waals surface area contributed by atoms with Crippen molar-refractivity contribution < 1.29 is 27.4 Å². The number of benzene rings is 2. The Balaban J connectivity index is 1.85. The third kappa shape index (κ3) is 3.71. The highest BCUT2D eigenvalue weighted by atomic mass is 19.4. The number of methoxy groups -OCH3 is 1. The van der Waals surface area contributed by atoms with Crippen molar-refractivity contribution in [2.45, 2.75) is 6.18 Å². The van der Waals surface area contributed by atoms with E-state index in [0.29, 0.717) is 16.9 Å². The summed E-state index contributed by atoms with van der Waals surface area (Å²) >= 11 is 0. The molecule has 1 heterocycles. The SMILES string of the molecule is COc1ccc(/C=C2\N=C(c3ccc(C(F)(F)F)cc3)OC2=O)cc1. The molecule has 25 heavy (non-hydrogen) atoms. The van der Waals surface area contributed by atoms with Crippen LogP contribution in [0.2, 0.25) is 0 Å². The second kappa shape index (κ2) is 6.43. The topological polar surface area (TPSA) is 47.9 Å². The monoisotopic (exact) mass is 347 g/mol. The minimum Gasteiger partial charge on any atom is -0.497 e. The van der Waals surface area contributed by atoms with Gasteiger partial charge in [-0.2, -0.15) is 13.2 Å². The molecule has 4 nitrogen and oxygen atoms in total. The van der Waals surface area contributed by atoms with E-state index < -0.39 is 17.7 Å². The first-order valence-electron chi connectivity index (χ1n) is 7.21. The Morgan fingerprint density at radius 1 is 1.04 bits per heavy atom. The summed E-state index contributed by atoms with van der Waals surface area (Å²) in [6.45, 7) is 0. The van der Waals surface area contributed by atoms with Gasteiger partial charge in [-0.15, -0.1) is 0 Å². The minimum absolute atomic E-state index is 0.0292. The Morgan fingerprint density at radius 3 is 2.24 bits per heavy atom. The number of hydrogen-bond acceptors (Lipinski definition) is 4. The Labute approximate surface area is 141 Å². The van der Waals surface area contributed by atoms with Crippen molar-refractivity contribution in [3.63, 3.8) is 0 Å². The van der Waals surface area contributed by atoms with Crippen molar-refractivity contribution in [2.75, 3.05) is 7.11 Å². The van der Waals surface area contributed by atoms with Gasteiger partial charge >= 0.3 is 12.1 Å². The molecule has 1 aliphatic rings. The molecule has 0 bridgehead atoms. The fraction of sp³-hybridized carbons (Fsp3) is 0.111. The van der Waals surface area contributed by atoms with E-state index in [1.807, 2.05) is 0 Å². The molecule has 3 rings (SSSR count). The van der Waals surface area contributed by atoms with Crippen molar-refractivity contribution in [1.29, 1.82) is 0 Å². The van der Waals surface area contributed by atoms with E-state index in [1.54, 1.807) is 31.4 Å². The number of carbonyl (C=O) groups is 1. The zero-order valence-corrected chi connectivity index (χ0v) is 13.0. The number of rotatable bonds is 3. The summed E-state index contributed by atoms with van der Waals surface area (Å²) in [6.07, 6.45) is -2.90. The molecule has 1 aliphatic heterocycles. The van der Waals surface area contributed by atoms with Gasteiger partial charge in [0.05, 0.1) is 12.7 Å². The fourth-order valence-corrected chi connectivity index (χ4v) is 2.19. The maximum atomic E-state index is 12.6. The van der Waals surface area contributed by atoms with Crippen LogP contribution in [0.4, 0.5) is 13.2 Å². The summed E-state index contributed by atoms with van der Waals surface area (Å²) in [6, 6.07) is 11.2. The van der Waals surface area contributed by atoms with E-state index in [-0.39, 0.29) is 11.6 Å². The van der Waals surface area contributed by atoms with Crippen LogP contribution in [0.1, 0.15) is 16.7 Å². The maximum Gasteiger partial charge on any atom is 0.416 e. The first kappa shape index (κ1) is 16.8. The lowest BCUT2D eigenvalue weighted by atomic mass is 10.1. The molecular weight excluding hydrogens is 335 g/mol. The lowest BCUT2D eigenvalue weighted by Crippen LogP contribution is -2.08. The van der Waals surface area contributed by atoms with Crippen LogP contribution in [0.25, 0.3) is 6.08 Å². The average Bonchev–Trinajstić information content (AvgIpc) is 2.96. The van der Waals surface area contributed by atoms with Gasteiger partial charge in [-0.25, -0.2) is 9.79 Å². The molecular formula is C18H12F3NO3. The summed E-state index contributed by atoms with van der Waals surface area (Å²) in [7, 11) is 1.54. The van der Waals surface area contributed by atoms with Crippen molar-refractivity contribution >= 4 is 17.9 Å². The van der Waals surface area contributed by atoms with Crippen molar-refractivity contribution in [3.05, 3.63) is 70.9 Å². The first-order chi connectivity index (χ1) is 11.9. The van der Waals surface area contributed by atoms with Crippen molar-refractivity contribution in [2.24, 2.45) is 4.99 Å². The molecule has 0 saturated heterocycles. The highest BCUT2D eigenvalue weighted by molar-refractivity contribution is 6.12. The highest BCUT2D eigenvalue weighted by Crippen LogP contribution is 2.29. The lowest BCUT2D eigenvalue weighted by Gasteiger charge is -2.06. The standard InChI is InChI=1S/C18H12F3NO3/c1-24-14-8-2-11(3-9-14)10-15-17(23)25-16(22-15)12-4-6-13(7-5-12)18(19,20)21/h2-10H,1H3/b15-10-. The molecule has 0 aliphatic carbocycles. The van der Waals surface area contributed by atoms with Gasteiger partial charge in [-0.05, 0) is 48.0 Å². The van der Waals surface area contributed by atoms with Gasteiger partial charge < -0.3 is 9.47 Å². The molecule has 7 heteroatoms. The van der Waals surface area contributed by atoms with Gasteiger partial charge in [0.2, 0.25) is 5.90 Å². The molecule has 0 atom stereocenters. The van der Waals surface area contributed by atoms with Crippen LogP contribution in [-0.4, -0.2) is 19.0 Å². The van der Waals surface area contributed by atoms with E-state index in [4.69, 9.17) is 9.47 Å². The number of esters is 1. The number of nitrogens with zero attached hydrogens (tertiary/aromatic N) is 1. The number of ether oxygens (including phenoxy) is 2. The third-order valence-electron chi connectivity index (χ3n) is 3.50. The van der Waals surface area contributed by atoms with E-state index in [2.05, 4.69) is 4.99 Å². The van der Waals surface area contributed by atoms with Crippen LogP contribution in [0.15, 0.2) is 59.2 Å². The largest absolute Gasteiger partial charge is 0.497 e. The second-order valence-corrected chi connectivity index (χ2v) is 5.18. The minimum atomic E-state index is -4.42. The quantitative estimate of drug-likeness (QED) is 0.621. The van der Waals surface area contributed by atoms with Gasteiger partial charge in [0, 0.05) is 5.56 Å². The molecule has 2 aromatic rings. The summed E-state index contributed by atoms with van der Waals surface area (Å²) < 4.78 is 47.8. The molecule has 0 N–H and O–H groups in total. The van der Waals surface area contributed by atoms with E-state index >= 15 is 0 Å². The smallest absolute Gasteiger partial charge is 0.416 e. The Kier molecular flexibility index (Phi) is 4.31. The van der Waals surface area contributed by atoms with E-state index in [0.717, 1.165) is 12.1 Å². The summed E-state index contributed by atoms with van der Waals surface area (Å²) in [4.78, 5) is 16.0. The van der Waals surface area contributed by atoms with Gasteiger partial charge in [-0.1, -0.05) is 12.1 Å². The number of carbonyl (C=O) groups excluding carboxylic acids is 1. The van der Waals surface area contributed by atoms with Crippen LogP contribution in [-0.2, 0) is 15.7 Å². The molecule has 0 saturated carbocycles. The van der Waals surface area contributed by atoms with Crippen LogP contribution < -0.4 is 4.74 Å².